The van der Waals surface area contributed by atoms with Crippen molar-refractivity contribution in [3.63, 3.8) is 0 Å². The first-order valence-corrected chi connectivity index (χ1v) is 28.4. The zero-order chi connectivity index (χ0) is 75.3. The van der Waals surface area contributed by atoms with Gasteiger partial charge in [-0.05, 0) is 34.6 Å². The maximum Gasteiger partial charge on any atom is 0.408 e. The Morgan fingerprint density at radius 3 is 0.485 bits per heavy atom. The predicted molar refractivity (Wildman–Crippen MR) is 332 cm³/mol. The van der Waals surface area contributed by atoms with Crippen molar-refractivity contribution in [2.45, 2.75) is 98.9 Å². The van der Waals surface area contributed by atoms with E-state index in [0.717, 1.165) is 34.6 Å². The molecule has 0 bridgehead atoms. The molecule has 1 aliphatic carbocycles. The number of nitrogens with one attached hydrogen (secondary N) is 5. The van der Waals surface area contributed by atoms with E-state index in [1.54, 1.807) is 0 Å². The van der Waals surface area contributed by atoms with E-state index in [-0.39, 0.29) is 0 Å². The van der Waals surface area contributed by atoms with Gasteiger partial charge in [0.15, 0.2) is 36.6 Å². The molecule has 0 aromatic rings. The molecule has 0 radical (unpaired) electrons. The number of esters is 10. The lowest BCUT2D eigenvalue weighted by molar-refractivity contribution is -0.228. The number of amides is 5. The number of rotatable bonds is 42. The first kappa shape index (κ1) is 84.9. The third-order valence-electron chi connectivity index (χ3n) is 12.4. The molecule has 1 saturated carbocycles. The molecule has 0 spiro atoms. The monoisotopic (exact) mass is 1400 g/mol. The summed E-state index contributed by atoms with van der Waals surface area (Å²) in [5, 5.41) is 11.2. The van der Waals surface area contributed by atoms with E-state index in [1.807, 2.05) is 0 Å². The minimum Gasteiger partial charge on any atom is -0.460 e. The lowest BCUT2D eigenvalue weighted by Gasteiger charge is -2.47. The highest BCUT2D eigenvalue weighted by Gasteiger charge is 2.62. The van der Waals surface area contributed by atoms with Crippen LogP contribution in [0.4, 0.5) is 24.0 Å². The van der Waals surface area contributed by atoms with Gasteiger partial charge in [-0.15, -0.1) is 0 Å². The summed E-state index contributed by atoms with van der Waals surface area (Å²) in [4.78, 5) is 212. The Balaban J connectivity index is 5.06. The number of carbonyl (C=O) groups is 16. The van der Waals surface area contributed by atoms with Crippen LogP contribution in [0.2, 0.25) is 0 Å². The van der Waals surface area contributed by atoms with Gasteiger partial charge in [0, 0.05) is 60.8 Å². The Morgan fingerprint density at radius 2 is 0.374 bits per heavy atom. The number of carbonyl (C=O) groups excluding carboxylic acids is 16. The summed E-state index contributed by atoms with van der Waals surface area (Å²) in [6, 6.07) is 0. The summed E-state index contributed by atoms with van der Waals surface area (Å²) >= 11 is 0. The third-order valence-corrected chi connectivity index (χ3v) is 12.4. The first-order valence-electron chi connectivity index (χ1n) is 28.4. The lowest BCUT2D eigenvalue weighted by atomic mass is 9.83. The summed E-state index contributed by atoms with van der Waals surface area (Å²) in [5.41, 5.74) is -10.7. The number of alkyl carbamates (subject to hydrolysis) is 5. The molecule has 1 rings (SSSR count). The highest BCUT2D eigenvalue weighted by Crippen LogP contribution is 2.35. The molecule has 5 N–H and O–H groups in total. The van der Waals surface area contributed by atoms with Crippen molar-refractivity contribution < 1.29 is 153 Å². The molecule has 0 aromatic heterocycles. The Hall–Kier alpha value is -12.1. The Labute approximate surface area is 565 Å². The summed E-state index contributed by atoms with van der Waals surface area (Å²) < 4.78 is 86.4. The van der Waals surface area contributed by atoms with Crippen molar-refractivity contribution in [2.24, 2.45) is 0 Å². The Morgan fingerprint density at radius 1 is 0.253 bits per heavy atom. The minimum absolute atomic E-state index is 0.422. The molecule has 4 unspecified atom stereocenters. The minimum atomic E-state index is -2.85. The van der Waals surface area contributed by atoms with Gasteiger partial charge in [-0.25, -0.2) is 71.9 Å². The van der Waals surface area contributed by atoms with Crippen LogP contribution in [-0.2, 0) is 129 Å². The molecule has 4 atom stereocenters. The molecule has 5 amide bonds. The van der Waals surface area contributed by atoms with E-state index in [2.05, 4.69) is 92.4 Å². The van der Waals surface area contributed by atoms with Gasteiger partial charge < -0.3 is 102 Å². The fraction of sp³-hybridized carbons (Fsp3) is 0.419. The molecule has 1 fully saturated rings. The van der Waals surface area contributed by atoms with Gasteiger partial charge in [0.25, 0.3) is 6.47 Å². The van der Waals surface area contributed by atoms with E-state index in [0.29, 0.717) is 60.8 Å². The standard InChI is InChI=1S/C62H77N5O32/c1-16-37(69)84-26-58(11,27-85-38(70)17-2)63-53(79)95-48-47(94-36-68)49(96-54(80)64-59(12,28-86-39(71)18-3)29-87-40(72)19-4)51(98-56(82)66-61(14,32-90-43(75)22-7)33-91-44(76)23-8)52(99-57(83)67-62(15,34-92-45(77)24-9)35-93-46(78)25-10)50(48)97-55(81)65-60(13,30-88-41(73)20-5)31-89-42(74)21-6/h16-25,36,47-52H,1-10,26-35H2,11-15H3,(H,63,79)(H,64,80)(H,65,81)(H,66,82)(H,67,83). The van der Waals surface area contributed by atoms with Gasteiger partial charge in [-0.3, -0.25) is 4.79 Å². The maximum absolute atomic E-state index is 14.9. The average Bonchev–Trinajstić information content (AvgIpc) is 0.755. The van der Waals surface area contributed by atoms with E-state index < -0.39 is 227 Å². The molecule has 1 aliphatic rings. The molecule has 0 aliphatic heterocycles. The molecule has 0 heterocycles. The normalized spacial score (nSPS) is 16.2. The molecule has 37 heteroatoms. The van der Waals surface area contributed by atoms with Crippen LogP contribution in [0, 0.1) is 0 Å². The van der Waals surface area contributed by atoms with Crippen LogP contribution in [0.15, 0.2) is 127 Å². The predicted octanol–water partition coefficient (Wildman–Crippen LogP) is 1.10. The van der Waals surface area contributed by atoms with Crippen LogP contribution >= 0.6 is 0 Å². The van der Waals surface area contributed by atoms with Gasteiger partial charge in [-0.1, -0.05) is 65.8 Å². The van der Waals surface area contributed by atoms with Crippen LogP contribution in [0.3, 0.4) is 0 Å². The van der Waals surface area contributed by atoms with Crippen LogP contribution in [0.5, 0.6) is 0 Å². The fourth-order valence-electron chi connectivity index (χ4n) is 7.47. The zero-order valence-electron chi connectivity index (χ0n) is 54.5. The highest BCUT2D eigenvalue weighted by molar-refractivity contribution is 5.85. The molecule has 0 saturated heterocycles. The largest absolute Gasteiger partial charge is 0.460 e. The second kappa shape index (κ2) is 41.0. The lowest BCUT2D eigenvalue weighted by Crippen LogP contribution is -2.71. The van der Waals surface area contributed by atoms with Crippen molar-refractivity contribution in [2.75, 3.05) is 66.1 Å². The molecule has 542 valence electrons. The number of hydrogen-bond acceptors (Lipinski definition) is 32. The summed E-state index contributed by atoms with van der Waals surface area (Å²) in [5.74, 6) is -11.2. The SMILES string of the molecule is C=CC(=O)OCC(C)(COC(=O)C=C)NC(=O)OC1C(OC=O)C(OC(=O)NC(C)(COC(=O)C=C)COC(=O)C=C)C(OC(=O)NC(C)(COC(=O)C=C)COC(=O)C=C)C(OC(=O)NC(C)(COC(=O)C=C)COC(=O)C=C)C1OC(=O)NC(C)(COC(=O)C=C)COC(=O)C=C. The quantitative estimate of drug-likeness (QED) is 0.0247. The van der Waals surface area contributed by atoms with Crippen molar-refractivity contribution in [3.05, 3.63) is 127 Å². The Kier molecular flexibility index (Phi) is 35.2. The van der Waals surface area contributed by atoms with Gasteiger partial charge in [-0.2, -0.15) is 0 Å². The van der Waals surface area contributed by atoms with Crippen LogP contribution < -0.4 is 26.6 Å². The van der Waals surface area contributed by atoms with Gasteiger partial charge in [0.2, 0.25) is 0 Å². The number of ether oxygens (including phenoxy) is 16. The van der Waals surface area contributed by atoms with Crippen LogP contribution in [0.1, 0.15) is 34.6 Å². The van der Waals surface area contributed by atoms with Crippen LogP contribution in [0.25, 0.3) is 0 Å². The van der Waals surface area contributed by atoms with Gasteiger partial charge in [0.1, 0.15) is 93.8 Å². The van der Waals surface area contributed by atoms with Crippen molar-refractivity contribution in [3.8, 4) is 0 Å². The van der Waals surface area contributed by atoms with Crippen molar-refractivity contribution >= 4 is 96.6 Å². The topological polar surface area (TPSA) is 481 Å². The zero-order valence-corrected chi connectivity index (χ0v) is 54.5. The number of hydrogen-bond donors (Lipinski definition) is 5. The molecule has 99 heavy (non-hydrogen) atoms. The highest BCUT2D eigenvalue weighted by atomic mass is 16.7. The van der Waals surface area contributed by atoms with Gasteiger partial charge in [0.05, 0.1) is 0 Å². The molecule has 37 nitrogen and oxygen atoms in total. The van der Waals surface area contributed by atoms with E-state index in [9.17, 15) is 76.7 Å². The van der Waals surface area contributed by atoms with Gasteiger partial charge >= 0.3 is 90.2 Å². The molecular formula is C62H77N5O32. The smallest absolute Gasteiger partial charge is 0.408 e. The Bertz CT molecular complexity index is 2840. The maximum atomic E-state index is 14.9. The molecular weight excluding hydrogens is 1330 g/mol. The van der Waals surface area contributed by atoms with E-state index >= 15 is 0 Å². The van der Waals surface area contributed by atoms with E-state index in [4.69, 9.17) is 75.8 Å². The molecule has 0 aromatic carbocycles. The summed E-state index contributed by atoms with van der Waals surface area (Å²) in [6.45, 7) is 28.6. The van der Waals surface area contributed by atoms with Crippen molar-refractivity contribution in [1.82, 2.24) is 26.6 Å². The summed E-state index contributed by atoms with van der Waals surface area (Å²) in [7, 11) is 0. The second-order valence-electron chi connectivity index (χ2n) is 21.6. The van der Waals surface area contributed by atoms with E-state index in [1.165, 1.54) is 0 Å². The fourth-order valence-corrected chi connectivity index (χ4v) is 7.47. The van der Waals surface area contributed by atoms with Crippen molar-refractivity contribution in [1.29, 1.82) is 0 Å². The average molecular weight is 1400 g/mol. The second-order valence-corrected chi connectivity index (χ2v) is 21.6. The van der Waals surface area contributed by atoms with Crippen LogP contribution in [-0.4, -0.2) is 227 Å². The summed E-state index contributed by atoms with van der Waals surface area (Å²) in [6.07, 6.45) is -19.0. The third kappa shape index (κ3) is 30.9. The first-order chi connectivity index (χ1) is 46.4.